The van der Waals surface area contributed by atoms with Crippen molar-refractivity contribution in [3.63, 3.8) is 0 Å². The second-order valence-electron chi connectivity index (χ2n) is 2.98. The molecule has 0 amide bonds. The molecule has 1 rings (SSSR count). The van der Waals surface area contributed by atoms with Crippen LogP contribution in [0.5, 0.6) is 0 Å². The first-order valence-electron chi connectivity index (χ1n) is 3.51. The zero-order chi connectivity index (χ0) is 8.48. The summed E-state index contributed by atoms with van der Waals surface area (Å²) in [7, 11) is 0. The van der Waals surface area contributed by atoms with E-state index in [0.717, 1.165) is 0 Å². The van der Waals surface area contributed by atoms with Gasteiger partial charge in [0.25, 0.3) is 0 Å². The first-order chi connectivity index (χ1) is 5.05. The van der Waals surface area contributed by atoms with E-state index in [1.165, 1.54) is 0 Å². The Balaban J connectivity index is 2.50. The van der Waals surface area contributed by atoms with Gasteiger partial charge in [-0.05, 0) is 13.8 Å². The molecule has 0 saturated carbocycles. The van der Waals surface area contributed by atoms with Crippen LogP contribution in [0.2, 0.25) is 0 Å². The van der Waals surface area contributed by atoms with Gasteiger partial charge in [0.1, 0.15) is 12.2 Å². The molecule has 0 aromatic rings. The first-order valence-corrected chi connectivity index (χ1v) is 3.51. The Morgan fingerprint density at radius 2 is 2.36 bits per heavy atom. The van der Waals surface area contributed by atoms with E-state index in [2.05, 4.69) is 5.92 Å². The lowest BCUT2D eigenvalue weighted by Gasteiger charge is -2.17. The van der Waals surface area contributed by atoms with Crippen molar-refractivity contribution in [2.75, 3.05) is 6.61 Å². The zero-order valence-electron chi connectivity index (χ0n) is 6.70. The van der Waals surface area contributed by atoms with Gasteiger partial charge in [0.05, 0.1) is 6.61 Å². The first kappa shape index (κ1) is 8.54. The average molecular weight is 156 g/mol. The van der Waals surface area contributed by atoms with Gasteiger partial charge in [-0.25, -0.2) is 0 Å². The molecular weight excluding hydrogens is 144 g/mol. The van der Waals surface area contributed by atoms with E-state index >= 15 is 0 Å². The summed E-state index contributed by atoms with van der Waals surface area (Å²) in [5.74, 6) is 1.59. The molecule has 62 valence electrons. The fourth-order valence-corrected chi connectivity index (χ4v) is 0.978. The number of ether oxygens (including phenoxy) is 2. The van der Waals surface area contributed by atoms with Crippen LogP contribution < -0.4 is 0 Å². The van der Waals surface area contributed by atoms with Crippen LogP contribution in [0.1, 0.15) is 13.8 Å². The molecule has 1 heterocycles. The maximum absolute atomic E-state index is 9.15. The molecule has 0 aromatic carbocycles. The molecule has 3 heteroatoms. The molecule has 2 atom stereocenters. The van der Waals surface area contributed by atoms with Gasteiger partial charge in [-0.2, -0.15) is 0 Å². The highest BCUT2D eigenvalue weighted by Crippen LogP contribution is 2.23. The third-order valence-corrected chi connectivity index (χ3v) is 1.55. The molecule has 11 heavy (non-hydrogen) atoms. The number of terminal acetylenes is 1. The van der Waals surface area contributed by atoms with E-state index < -0.39 is 11.9 Å². The summed E-state index contributed by atoms with van der Waals surface area (Å²) < 4.78 is 10.5. The normalized spacial score (nSPS) is 31.3. The minimum Gasteiger partial charge on any atom is -0.378 e. The van der Waals surface area contributed by atoms with Crippen LogP contribution in [0.15, 0.2) is 0 Å². The van der Waals surface area contributed by atoms with Gasteiger partial charge in [-0.1, -0.05) is 5.92 Å². The number of hydrogen-bond donors (Lipinski definition) is 1. The Bertz CT molecular complexity index is 180. The van der Waals surface area contributed by atoms with Gasteiger partial charge in [-0.15, -0.1) is 6.42 Å². The fourth-order valence-electron chi connectivity index (χ4n) is 0.978. The van der Waals surface area contributed by atoms with E-state index in [4.69, 9.17) is 21.0 Å². The van der Waals surface area contributed by atoms with Crippen LogP contribution in [0, 0.1) is 12.3 Å². The van der Waals surface area contributed by atoms with E-state index in [1.54, 1.807) is 13.8 Å². The Morgan fingerprint density at radius 1 is 1.73 bits per heavy atom. The zero-order valence-corrected chi connectivity index (χ0v) is 6.70. The molecule has 0 spiro atoms. The largest absolute Gasteiger partial charge is 0.378 e. The number of aliphatic hydroxyl groups excluding tert-OH is 1. The van der Waals surface area contributed by atoms with Crippen molar-refractivity contribution in [2.24, 2.45) is 0 Å². The van der Waals surface area contributed by atoms with Crippen molar-refractivity contribution in [2.45, 2.75) is 31.8 Å². The van der Waals surface area contributed by atoms with Gasteiger partial charge in [0.2, 0.25) is 0 Å². The van der Waals surface area contributed by atoms with Gasteiger partial charge in [0.15, 0.2) is 5.79 Å². The third-order valence-electron chi connectivity index (χ3n) is 1.55. The maximum Gasteiger partial charge on any atom is 0.163 e. The summed E-state index contributed by atoms with van der Waals surface area (Å²) in [5.41, 5.74) is 0. The average Bonchev–Trinajstić information content (AvgIpc) is 2.29. The number of rotatable bonds is 1. The van der Waals surface area contributed by atoms with Gasteiger partial charge >= 0.3 is 0 Å². The summed E-state index contributed by atoms with van der Waals surface area (Å²) in [6.07, 6.45) is 3.76. The maximum atomic E-state index is 9.15. The predicted molar refractivity (Wildman–Crippen MR) is 39.7 cm³/mol. The number of hydrogen-bond acceptors (Lipinski definition) is 3. The molecule has 1 saturated heterocycles. The Kier molecular flexibility index (Phi) is 2.19. The third kappa shape index (κ3) is 1.93. The highest BCUT2D eigenvalue weighted by Gasteiger charge is 2.35. The van der Waals surface area contributed by atoms with Crippen molar-refractivity contribution < 1.29 is 14.6 Å². The van der Waals surface area contributed by atoms with Crippen molar-refractivity contribution in [1.82, 2.24) is 0 Å². The molecule has 0 bridgehead atoms. The number of aliphatic hydroxyl groups is 1. The molecule has 1 aliphatic rings. The van der Waals surface area contributed by atoms with E-state index in [0.29, 0.717) is 6.61 Å². The summed E-state index contributed by atoms with van der Waals surface area (Å²) in [4.78, 5) is 0. The predicted octanol–water partition coefficient (Wildman–Crippen LogP) is 0.132. The summed E-state index contributed by atoms with van der Waals surface area (Å²) in [5, 5.41) is 9.15. The van der Waals surface area contributed by atoms with Crippen molar-refractivity contribution in [1.29, 1.82) is 0 Å². The summed E-state index contributed by atoms with van der Waals surface area (Å²) in [6.45, 7) is 3.94. The molecule has 0 aliphatic carbocycles. The lowest BCUT2D eigenvalue weighted by atomic mass is 10.2. The van der Waals surface area contributed by atoms with Crippen LogP contribution in [-0.2, 0) is 9.47 Å². The molecule has 0 aromatic heterocycles. The van der Waals surface area contributed by atoms with Crippen LogP contribution >= 0.6 is 0 Å². The molecule has 1 unspecified atom stereocenters. The Labute approximate surface area is 66.3 Å². The minimum atomic E-state index is -0.864. The summed E-state index contributed by atoms with van der Waals surface area (Å²) >= 11 is 0. The second kappa shape index (κ2) is 2.82. The molecule has 1 N–H and O–H groups in total. The smallest absolute Gasteiger partial charge is 0.163 e. The van der Waals surface area contributed by atoms with Gasteiger partial charge in [0, 0.05) is 0 Å². The fraction of sp³-hybridized carbons (Fsp3) is 0.750. The lowest BCUT2D eigenvalue weighted by molar-refractivity contribution is -0.146. The summed E-state index contributed by atoms with van der Waals surface area (Å²) in [6, 6.07) is 0. The molecule has 3 nitrogen and oxygen atoms in total. The van der Waals surface area contributed by atoms with Crippen molar-refractivity contribution in [3.05, 3.63) is 0 Å². The van der Waals surface area contributed by atoms with Gasteiger partial charge in [-0.3, -0.25) is 0 Å². The molecular formula is C8H12O3. The minimum absolute atomic E-state index is 0.359. The van der Waals surface area contributed by atoms with Crippen LogP contribution in [0.4, 0.5) is 0 Å². The van der Waals surface area contributed by atoms with Crippen molar-refractivity contribution in [3.8, 4) is 12.3 Å². The van der Waals surface area contributed by atoms with Crippen LogP contribution in [0.25, 0.3) is 0 Å². The highest BCUT2D eigenvalue weighted by atomic mass is 16.7. The monoisotopic (exact) mass is 156 g/mol. The molecule has 0 radical (unpaired) electrons. The Morgan fingerprint density at radius 3 is 2.73 bits per heavy atom. The van der Waals surface area contributed by atoms with Crippen molar-refractivity contribution >= 4 is 0 Å². The molecule has 1 aliphatic heterocycles. The SMILES string of the molecule is C#CC(O)[C@H]1COC(C)(C)O1. The van der Waals surface area contributed by atoms with E-state index in [1.807, 2.05) is 0 Å². The quantitative estimate of drug-likeness (QED) is 0.548. The highest BCUT2D eigenvalue weighted by molar-refractivity contribution is 4.99. The van der Waals surface area contributed by atoms with Crippen LogP contribution in [0.3, 0.4) is 0 Å². The molecule has 1 fully saturated rings. The van der Waals surface area contributed by atoms with Gasteiger partial charge < -0.3 is 14.6 Å². The topological polar surface area (TPSA) is 38.7 Å². The standard InChI is InChI=1S/C8H12O3/c1-4-6(9)7-5-10-8(2,3)11-7/h1,6-7,9H,5H2,2-3H3/t6?,7-/m1/s1. The van der Waals surface area contributed by atoms with E-state index in [9.17, 15) is 0 Å². The van der Waals surface area contributed by atoms with E-state index in [-0.39, 0.29) is 6.10 Å². The lowest BCUT2D eigenvalue weighted by Crippen LogP contribution is -2.29. The Hall–Kier alpha value is -0.560. The second-order valence-corrected chi connectivity index (χ2v) is 2.98. The van der Waals surface area contributed by atoms with Crippen LogP contribution in [-0.4, -0.2) is 29.7 Å².